The van der Waals surface area contributed by atoms with Gasteiger partial charge < -0.3 is 9.64 Å². The SMILES string of the molecule is CC.CC.CCCN1CCC(OC(=O)Nc2ccccc2-c2ccccc2)CC1. The van der Waals surface area contributed by atoms with E-state index in [0.717, 1.165) is 49.3 Å². The second-order valence-corrected chi connectivity index (χ2v) is 6.48. The van der Waals surface area contributed by atoms with Gasteiger partial charge in [-0.2, -0.15) is 0 Å². The molecule has 4 heteroatoms. The Balaban J connectivity index is 0.000000989. The first kappa shape index (κ1) is 24.7. The highest BCUT2D eigenvalue weighted by molar-refractivity contribution is 5.91. The van der Waals surface area contributed by atoms with E-state index in [9.17, 15) is 4.79 Å². The van der Waals surface area contributed by atoms with Crippen LogP contribution in [-0.4, -0.2) is 36.7 Å². The predicted molar refractivity (Wildman–Crippen MR) is 124 cm³/mol. The summed E-state index contributed by atoms with van der Waals surface area (Å²) in [4.78, 5) is 14.8. The molecule has 1 heterocycles. The maximum atomic E-state index is 12.3. The minimum absolute atomic E-state index is 0.0111. The number of anilines is 1. The van der Waals surface area contributed by atoms with Crippen LogP contribution in [0.1, 0.15) is 53.9 Å². The number of amides is 1. The van der Waals surface area contributed by atoms with Gasteiger partial charge in [0.25, 0.3) is 0 Å². The topological polar surface area (TPSA) is 41.6 Å². The van der Waals surface area contributed by atoms with E-state index in [-0.39, 0.29) is 12.2 Å². The Morgan fingerprint density at radius 1 is 0.966 bits per heavy atom. The van der Waals surface area contributed by atoms with Crippen molar-refractivity contribution in [2.24, 2.45) is 0 Å². The van der Waals surface area contributed by atoms with Crippen LogP contribution >= 0.6 is 0 Å². The number of para-hydroxylation sites is 1. The lowest BCUT2D eigenvalue weighted by molar-refractivity contribution is 0.0590. The molecule has 2 aromatic rings. The van der Waals surface area contributed by atoms with Crippen molar-refractivity contribution in [1.82, 2.24) is 4.90 Å². The molecule has 1 amide bonds. The number of piperidine rings is 1. The van der Waals surface area contributed by atoms with Gasteiger partial charge in [0.1, 0.15) is 6.10 Å². The molecule has 0 atom stereocenters. The van der Waals surface area contributed by atoms with Gasteiger partial charge in [-0.3, -0.25) is 5.32 Å². The molecule has 0 radical (unpaired) electrons. The van der Waals surface area contributed by atoms with E-state index in [2.05, 4.69) is 17.1 Å². The molecule has 1 aliphatic rings. The number of nitrogens with one attached hydrogen (secondary N) is 1. The smallest absolute Gasteiger partial charge is 0.411 e. The summed E-state index contributed by atoms with van der Waals surface area (Å²) in [6.07, 6.45) is 2.64. The second kappa shape index (κ2) is 14.6. The molecule has 0 spiro atoms. The summed E-state index contributed by atoms with van der Waals surface area (Å²) < 4.78 is 5.64. The summed E-state index contributed by atoms with van der Waals surface area (Å²) in [5.74, 6) is 0. The zero-order chi connectivity index (χ0) is 21.5. The number of hydrogen-bond donors (Lipinski definition) is 1. The Morgan fingerprint density at radius 3 is 2.17 bits per heavy atom. The van der Waals surface area contributed by atoms with E-state index < -0.39 is 0 Å². The van der Waals surface area contributed by atoms with E-state index in [1.54, 1.807) is 0 Å². The van der Waals surface area contributed by atoms with Gasteiger partial charge in [-0.25, -0.2) is 4.79 Å². The van der Waals surface area contributed by atoms with Crippen LogP contribution in [0.2, 0.25) is 0 Å². The van der Waals surface area contributed by atoms with E-state index >= 15 is 0 Å². The third-order valence-corrected chi connectivity index (χ3v) is 4.60. The number of rotatable bonds is 5. The zero-order valence-corrected chi connectivity index (χ0v) is 18.8. The average Bonchev–Trinajstić information content (AvgIpc) is 2.79. The minimum Gasteiger partial charge on any atom is -0.446 e. The molecule has 1 fully saturated rings. The van der Waals surface area contributed by atoms with Crippen LogP contribution in [0.4, 0.5) is 10.5 Å². The lowest BCUT2D eigenvalue weighted by Gasteiger charge is -2.31. The molecule has 0 aromatic heterocycles. The summed E-state index contributed by atoms with van der Waals surface area (Å²) in [7, 11) is 0. The summed E-state index contributed by atoms with van der Waals surface area (Å²) in [5, 5.41) is 2.92. The highest BCUT2D eigenvalue weighted by Crippen LogP contribution is 2.27. The number of nitrogens with zero attached hydrogens (tertiary/aromatic N) is 1. The fraction of sp³-hybridized carbons (Fsp3) is 0.480. The summed E-state index contributed by atoms with van der Waals surface area (Å²) >= 11 is 0. The normalized spacial score (nSPS) is 14.0. The van der Waals surface area contributed by atoms with Gasteiger partial charge in [-0.05, 0) is 37.4 Å². The number of likely N-dealkylation sites (tertiary alicyclic amines) is 1. The van der Waals surface area contributed by atoms with Crippen molar-refractivity contribution < 1.29 is 9.53 Å². The first-order valence-electron chi connectivity index (χ1n) is 11.1. The van der Waals surface area contributed by atoms with Gasteiger partial charge in [-0.1, -0.05) is 83.1 Å². The minimum atomic E-state index is -0.364. The fourth-order valence-corrected chi connectivity index (χ4v) is 3.32. The Hall–Kier alpha value is -2.33. The van der Waals surface area contributed by atoms with Crippen LogP contribution in [0, 0.1) is 0 Å². The van der Waals surface area contributed by atoms with Crippen LogP contribution in [-0.2, 0) is 4.74 Å². The molecule has 1 aliphatic heterocycles. The van der Waals surface area contributed by atoms with E-state index in [1.165, 1.54) is 6.42 Å². The van der Waals surface area contributed by atoms with Gasteiger partial charge in [0.05, 0.1) is 5.69 Å². The lowest BCUT2D eigenvalue weighted by Crippen LogP contribution is -2.38. The van der Waals surface area contributed by atoms with Crippen molar-refractivity contribution in [3.05, 3.63) is 54.6 Å². The summed E-state index contributed by atoms with van der Waals surface area (Å²) in [6, 6.07) is 17.9. The van der Waals surface area contributed by atoms with Crippen molar-refractivity contribution in [3.63, 3.8) is 0 Å². The van der Waals surface area contributed by atoms with Gasteiger partial charge in [0.2, 0.25) is 0 Å². The molecule has 29 heavy (non-hydrogen) atoms. The molecule has 0 aliphatic carbocycles. The van der Waals surface area contributed by atoms with Crippen molar-refractivity contribution in [1.29, 1.82) is 0 Å². The zero-order valence-electron chi connectivity index (χ0n) is 18.8. The van der Waals surface area contributed by atoms with E-state index in [0.29, 0.717) is 0 Å². The first-order valence-corrected chi connectivity index (χ1v) is 11.1. The van der Waals surface area contributed by atoms with Crippen molar-refractivity contribution in [2.75, 3.05) is 25.0 Å². The van der Waals surface area contributed by atoms with Gasteiger partial charge in [0.15, 0.2) is 0 Å². The monoisotopic (exact) mass is 398 g/mol. The number of benzene rings is 2. The molecular weight excluding hydrogens is 360 g/mol. The molecular formula is C25H38N2O2. The third kappa shape index (κ3) is 8.28. The molecule has 160 valence electrons. The quantitative estimate of drug-likeness (QED) is 0.600. The molecule has 0 bridgehead atoms. The molecule has 1 saturated heterocycles. The molecule has 1 N–H and O–H groups in total. The largest absolute Gasteiger partial charge is 0.446 e. The highest BCUT2D eigenvalue weighted by atomic mass is 16.6. The average molecular weight is 399 g/mol. The molecule has 3 rings (SSSR count). The van der Waals surface area contributed by atoms with Crippen LogP contribution in [0.5, 0.6) is 0 Å². The summed E-state index contributed by atoms with van der Waals surface area (Å²) in [5.41, 5.74) is 2.85. The standard InChI is InChI=1S/C21H26N2O2.2C2H6/c1-2-14-23-15-12-18(13-16-23)25-21(24)22-20-11-7-6-10-19(20)17-8-4-3-5-9-17;2*1-2/h3-11,18H,2,12-16H2,1H3,(H,22,24);2*1-2H3. The Morgan fingerprint density at radius 2 is 1.55 bits per heavy atom. The van der Waals surface area contributed by atoms with Crippen molar-refractivity contribution in [3.8, 4) is 11.1 Å². The number of hydrogen-bond acceptors (Lipinski definition) is 3. The van der Waals surface area contributed by atoms with Crippen LogP contribution in [0.25, 0.3) is 11.1 Å². The fourth-order valence-electron chi connectivity index (χ4n) is 3.32. The third-order valence-electron chi connectivity index (χ3n) is 4.60. The predicted octanol–water partition coefficient (Wildman–Crippen LogP) is 6.83. The summed E-state index contributed by atoms with van der Waals surface area (Å²) in [6.45, 7) is 13.3. The van der Waals surface area contributed by atoms with E-state index in [4.69, 9.17) is 4.74 Å². The molecule has 0 saturated carbocycles. The van der Waals surface area contributed by atoms with Crippen molar-refractivity contribution >= 4 is 11.8 Å². The van der Waals surface area contributed by atoms with Crippen LogP contribution in [0.15, 0.2) is 54.6 Å². The van der Waals surface area contributed by atoms with Crippen molar-refractivity contribution in [2.45, 2.75) is 60.0 Å². The van der Waals surface area contributed by atoms with E-state index in [1.807, 2.05) is 82.3 Å². The maximum Gasteiger partial charge on any atom is 0.411 e. The second-order valence-electron chi connectivity index (χ2n) is 6.48. The van der Waals surface area contributed by atoms with Crippen LogP contribution < -0.4 is 5.32 Å². The Labute approximate surface area is 177 Å². The number of ether oxygens (including phenoxy) is 1. The van der Waals surface area contributed by atoms with Gasteiger partial charge in [0, 0.05) is 18.7 Å². The first-order chi connectivity index (χ1) is 14.3. The molecule has 0 unspecified atom stereocenters. The Kier molecular flexibility index (Phi) is 12.5. The maximum absolute atomic E-state index is 12.3. The molecule has 4 nitrogen and oxygen atoms in total. The lowest BCUT2D eigenvalue weighted by atomic mass is 10.0. The number of carbonyl (C=O) groups is 1. The van der Waals surface area contributed by atoms with Gasteiger partial charge >= 0.3 is 6.09 Å². The van der Waals surface area contributed by atoms with Gasteiger partial charge in [-0.15, -0.1) is 0 Å². The molecule has 2 aromatic carbocycles. The highest BCUT2D eigenvalue weighted by Gasteiger charge is 2.22. The Bertz CT molecular complexity index is 680. The number of carbonyl (C=O) groups excluding carboxylic acids is 1. The van der Waals surface area contributed by atoms with Crippen LogP contribution in [0.3, 0.4) is 0 Å².